The molecule has 1 aliphatic rings. The van der Waals surface area contributed by atoms with Gasteiger partial charge in [0.05, 0.1) is 6.04 Å². The molecule has 0 saturated heterocycles. The summed E-state index contributed by atoms with van der Waals surface area (Å²) in [5.41, 5.74) is 6.83. The van der Waals surface area contributed by atoms with Gasteiger partial charge in [-0.15, -0.1) is 0 Å². The van der Waals surface area contributed by atoms with Gasteiger partial charge in [-0.25, -0.2) is 4.99 Å². The van der Waals surface area contributed by atoms with Gasteiger partial charge >= 0.3 is 0 Å². The van der Waals surface area contributed by atoms with Crippen molar-refractivity contribution in [2.45, 2.75) is 25.3 Å². The van der Waals surface area contributed by atoms with Crippen LogP contribution in [0.5, 0.6) is 0 Å². The van der Waals surface area contributed by atoms with Crippen LogP contribution in [0.15, 0.2) is 47.5 Å². The number of benzene rings is 1. The summed E-state index contributed by atoms with van der Waals surface area (Å²) in [5.74, 6) is 0.506. The molecule has 1 atom stereocenters. The fourth-order valence-electron chi connectivity index (χ4n) is 1.79. The molecule has 3 nitrogen and oxygen atoms in total. The van der Waals surface area contributed by atoms with Crippen molar-refractivity contribution in [3.8, 4) is 0 Å². The molecule has 1 aromatic carbocycles. The Morgan fingerprint density at radius 2 is 2.06 bits per heavy atom. The number of nitrogens with zero attached hydrogens (tertiary/aromatic N) is 1. The van der Waals surface area contributed by atoms with Crippen molar-refractivity contribution >= 4 is 11.6 Å². The van der Waals surface area contributed by atoms with E-state index >= 15 is 0 Å². The van der Waals surface area contributed by atoms with Crippen molar-refractivity contribution in [2.24, 2.45) is 10.7 Å². The van der Waals surface area contributed by atoms with E-state index in [9.17, 15) is 0 Å². The summed E-state index contributed by atoms with van der Waals surface area (Å²) in [6, 6.07) is 10.2. The molecule has 0 fully saturated rings. The monoisotopic (exact) mass is 215 g/mol. The van der Waals surface area contributed by atoms with Gasteiger partial charge in [-0.05, 0) is 31.4 Å². The van der Waals surface area contributed by atoms with Crippen LogP contribution in [-0.4, -0.2) is 12.0 Å². The minimum Gasteiger partial charge on any atom is -0.370 e. The van der Waals surface area contributed by atoms with Gasteiger partial charge in [0.1, 0.15) is 0 Å². The summed E-state index contributed by atoms with van der Waals surface area (Å²) in [7, 11) is 0. The fraction of sp³-hybridized carbons (Fsp3) is 0.308. The number of aliphatic imine (C=N–C) groups is 1. The first-order chi connectivity index (χ1) is 7.84. The minimum absolute atomic E-state index is 0.334. The van der Waals surface area contributed by atoms with Crippen LogP contribution in [0.3, 0.4) is 0 Å². The molecule has 1 aromatic rings. The first-order valence-corrected chi connectivity index (χ1v) is 5.65. The molecule has 1 unspecified atom stereocenters. The van der Waals surface area contributed by atoms with Crippen LogP contribution in [0.2, 0.25) is 0 Å². The summed E-state index contributed by atoms with van der Waals surface area (Å²) in [6.07, 6.45) is 7.57. The number of para-hydroxylation sites is 1. The first-order valence-electron chi connectivity index (χ1n) is 5.65. The van der Waals surface area contributed by atoms with Gasteiger partial charge in [0.15, 0.2) is 5.96 Å². The standard InChI is InChI=1S/C13H17N3/c14-13(15-11-7-3-1-4-8-11)16-12-9-5-2-6-10-12/h1-5,7-8,12H,6,9-10H2,(H3,14,15,16). The molecule has 0 heterocycles. The quantitative estimate of drug-likeness (QED) is 0.452. The topological polar surface area (TPSA) is 50.4 Å². The largest absolute Gasteiger partial charge is 0.370 e. The van der Waals surface area contributed by atoms with E-state index in [0.29, 0.717) is 12.0 Å². The second-order valence-corrected chi connectivity index (χ2v) is 3.94. The Morgan fingerprint density at radius 1 is 1.25 bits per heavy atom. The van der Waals surface area contributed by atoms with E-state index in [1.54, 1.807) is 0 Å². The van der Waals surface area contributed by atoms with E-state index in [2.05, 4.69) is 22.5 Å². The number of hydrogen-bond acceptors (Lipinski definition) is 1. The Balaban J connectivity index is 1.94. The molecule has 0 bridgehead atoms. The number of rotatable bonds is 2. The van der Waals surface area contributed by atoms with Crippen LogP contribution in [0.1, 0.15) is 19.3 Å². The molecule has 2 rings (SSSR count). The highest BCUT2D eigenvalue weighted by atomic mass is 15.1. The van der Waals surface area contributed by atoms with Gasteiger partial charge in [-0.1, -0.05) is 30.4 Å². The summed E-state index contributed by atoms with van der Waals surface area (Å²) in [4.78, 5) is 4.46. The molecule has 16 heavy (non-hydrogen) atoms. The highest BCUT2D eigenvalue weighted by Crippen LogP contribution is 2.14. The Hall–Kier alpha value is -1.77. The van der Waals surface area contributed by atoms with E-state index in [1.165, 1.54) is 0 Å². The predicted molar refractivity (Wildman–Crippen MR) is 68.5 cm³/mol. The molecule has 0 amide bonds. The number of guanidine groups is 1. The van der Waals surface area contributed by atoms with Gasteiger partial charge in [-0.2, -0.15) is 0 Å². The van der Waals surface area contributed by atoms with Crippen molar-refractivity contribution in [2.75, 3.05) is 5.32 Å². The molecular formula is C13H17N3. The molecule has 0 saturated carbocycles. The van der Waals surface area contributed by atoms with Crippen molar-refractivity contribution in [1.82, 2.24) is 0 Å². The van der Waals surface area contributed by atoms with E-state index < -0.39 is 0 Å². The number of allylic oxidation sites excluding steroid dienone is 1. The Morgan fingerprint density at radius 3 is 2.75 bits per heavy atom. The molecule has 0 radical (unpaired) electrons. The van der Waals surface area contributed by atoms with Crippen LogP contribution in [0.4, 0.5) is 5.69 Å². The van der Waals surface area contributed by atoms with Crippen molar-refractivity contribution < 1.29 is 0 Å². The average molecular weight is 215 g/mol. The molecule has 0 aromatic heterocycles. The normalized spacial score (nSPS) is 20.8. The van der Waals surface area contributed by atoms with Crippen LogP contribution in [0.25, 0.3) is 0 Å². The van der Waals surface area contributed by atoms with Crippen LogP contribution in [0, 0.1) is 0 Å². The maximum atomic E-state index is 5.85. The SMILES string of the molecule is NC(=NC1CC=CCC1)Nc1ccccc1. The lowest BCUT2D eigenvalue weighted by atomic mass is 10.0. The number of nitrogens with two attached hydrogens (primary N) is 1. The Kier molecular flexibility index (Phi) is 3.59. The minimum atomic E-state index is 0.334. The van der Waals surface area contributed by atoms with Crippen LogP contribution < -0.4 is 11.1 Å². The Bertz CT molecular complexity index is 381. The summed E-state index contributed by atoms with van der Waals surface area (Å²) in [6.45, 7) is 0. The smallest absolute Gasteiger partial charge is 0.193 e. The lowest BCUT2D eigenvalue weighted by Crippen LogP contribution is -2.25. The average Bonchev–Trinajstić information content (AvgIpc) is 2.31. The van der Waals surface area contributed by atoms with E-state index in [1.807, 2.05) is 30.3 Å². The third kappa shape index (κ3) is 3.12. The molecule has 3 N–H and O–H groups in total. The van der Waals surface area contributed by atoms with Gasteiger partial charge < -0.3 is 11.1 Å². The zero-order valence-corrected chi connectivity index (χ0v) is 9.26. The molecule has 0 aliphatic heterocycles. The highest BCUT2D eigenvalue weighted by Gasteiger charge is 2.08. The predicted octanol–water partition coefficient (Wildman–Crippen LogP) is 2.52. The third-order valence-electron chi connectivity index (χ3n) is 2.61. The molecule has 84 valence electrons. The van der Waals surface area contributed by atoms with Gasteiger partial charge in [0, 0.05) is 5.69 Å². The number of nitrogens with one attached hydrogen (secondary N) is 1. The van der Waals surface area contributed by atoms with E-state index in [0.717, 1.165) is 24.9 Å². The first kappa shape index (κ1) is 10.7. The maximum Gasteiger partial charge on any atom is 0.193 e. The molecular weight excluding hydrogens is 198 g/mol. The van der Waals surface area contributed by atoms with Crippen molar-refractivity contribution in [3.05, 3.63) is 42.5 Å². The van der Waals surface area contributed by atoms with E-state index in [4.69, 9.17) is 5.73 Å². The van der Waals surface area contributed by atoms with Crippen LogP contribution >= 0.6 is 0 Å². The number of anilines is 1. The van der Waals surface area contributed by atoms with Crippen LogP contribution in [-0.2, 0) is 0 Å². The zero-order chi connectivity index (χ0) is 11.2. The fourth-order valence-corrected chi connectivity index (χ4v) is 1.79. The van der Waals surface area contributed by atoms with Gasteiger partial charge in [0.2, 0.25) is 0 Å². The number of hydrogen-bond donors (Lipinski definition) is 2. The second kappa shape index (κ2) is 5.35. The zero-order valence-electron chi connectivity index (χ0n) is 9.26. The lowest BCUT2D eigenvalue weighted by Gasteiger charge is -2.14. The Labute approximate surface area is 96.1 Å². The summed E-state index contributed by atoms with van der Waals surface area (Å²) >= 11 is 0. The van der Waals surface area contributed by atoms with Gasteiger partial charge in [-0.3, -0.25) is 0 Å². The highest BCUT2D eigenvalue weighted by molar-refractivity contribution is 5.92. The second-order valence-electron chi connectivity index (χ2n) is 3.94. The molecule has 1 aliphatic carbocycles. The molecule has 3 heteroatoms. The summed E-state index contributed by atoms with van der Waals surface area (Å²) in [5, 5.41) is 3.09. The summed E-state index contributed by atoms with van der Waals surface area (Å²) < 4.78 is 0. The van der Waals surface area contributed by atoms with Crippen molar-refractivity contribution in [1.29, 1.82) is 0 Å². The van der Waals surface area contributed by atoms with Crippen molar-refractivity contribution in [3.63, 3.8) is 0 Å². The maximum absolute atomic E-state index is 5.85. The van der Waals surface area contributed by atoms with E-state index in [-0.39, 0.29) is 0 Å². The molecule has 0 spiro atoms. The lowest BCUT2D eigenvalue weighted by molar-refractivity contribution is 0.608. The van der Waals surface area contributed by atoms with Gasteiger partial charge in [0.25, 0.3) is 0 Å². The third-order valence-corrected chi connectivity index (χ3v) is 2.61.